The van der Waals surface area contributed by atoms with E-state index in [1.165, 1.54) is 0 Å². The molecule has 0 fully saturated rings. The molecule has 1 rings (SSSR count). The topological polar surface area (TPSA) is 108 Å². The molecular formula is C11H14N4O3. The molecule has 1 unspecified atom stereocenters. The van der Waals surface area contributed by atoms with Crippen LogP contribution in [0.3, 0.4) is 0 Å². The molecule has 0 spiro atoms. The number of aryl methyl sites for hydroxylation is 2. The predicted octanol–water partition coefficient (Wildman–Crippen LogP) is 0.108. The number of hydrogen-bond acceptors (Lipinski definition) is 5. The van der Waals surface area contributed by atoms with E-state index in [9.17, 15) is 9.59 Å². The fourth-order valence-electron chi connectivity index (χ4n) is 1.64. The van der Waals surface area contributed by atoms with Crippen molar-refractivity contribution in [1.29, 1.82) is 5.26 Å². The molecule has 0 aromatic carbocycles. The first-order valence-corrected chi connectivity index (χ1v) is 5.35. The van der Waals surface area contributed by atoms with E-state index < -0.39 is 17.9 Å². The van der Waals surface area contributed by atoms with Crippen molar-refractivity contribution in [2.24, 2.45) is 0 Å². The van der Waals surface area contributed by atoms with E-state index in [0.29, 0.717) is 11.5 Å². The van der Waals surface area contributed by atoms with E-state index in [-0.39, 0.29) is 6.54 Å². The van der Waals surface area contributed by atoms with Gasteiger partial charge in [-0.25, -0.2) is 0 Å². The summed E-state index contributed by atoms with van der Waals surface area (Å²) in [5.41, 5.74) is 1.41. The lowest BCUT2D eigenvalue weighted by Crippen LogP contribution is -2.41. The molecule has 0 bridgehead atoms. The summed E-state index contributed by atoms with van der Waals surface area (Å²) in [6, 6.07) is 1.32. The number of nitrogens with zero attached hydrogens (tertiary/aromatic N) is 2. The van der Waals surface area contributed by atoms with Gasteiger partial charge < -0.3 is 15.2 Å². The maximum atomic E-state index is 11.5. The van der Waals surface area contributed by atoms with Crippen LogP contribution in [0.15, 0.2) is 4.52 Å². The molecule has 0 aliphatic carbocycles. The average molecular weight is 250 g/mol. The second-order valence-corrected chi connectivity index (χ2v) is 3.77. The van der Waals surface area contributed by atoms with Crippen molar-refractivity contribution in [3.63, 3.8) is 0 Å². The molecule has 0 saturated carbocycles. The summed E-state index contributed by atoms with van der Waals surface area (Å²) in [5, 5.41) is 16.7. The molecule has 0 aliphatic heterocycles. The summed E-state index contributed by atoms with van der Waals surface area (Å²) in [6.45, 7) is 5.01. The minimum Gasteiger partial charge on any atom is -0.361 e. The summed E-state index contributed by atoms with van der Waals surface area (Å²) >= 11 is 0. The molecule has 96 valence electrons. The van der Waals surface area contributed by atoms with E-state index in [0.717, 1.165) is 5.56 Å². The lowest BCUT2D eigenvalue weighted by atomic mass is 10.1. The van der Waals surface area contributed by atoms with E-state index in [4.69, 9.17) is 9.78 Å². The maximum absolute atomic E-state index is 11.5. The van der Waals surface area contributed by atoms with Crippen molar-refractivity contribution in [2.45, 2.75) is 26.8 Å². The lowest BCUT2D eigenvalue weighted by molar-refractivity contribution is -0.139. The number of rotatable bonds is 3. The fourth-order valence-corrected chi connectivity index (χ4v) is 1.64. The van der Waals surface area contributed by atoms with Gasteiger partial charge in [0, 0.05) is 5.56 Å². The van der Waals surface area contributed by atoms with Gasteiger partial charge in [0.05, 0.1) is 17.8 Å². The molecule has 0 saturated heterocycles. The molecule has 0 radical (unpaired) electrons. The fraction of sp³-hybridized carbons (Fsp3) is 0.455. The lowest BCUT2D eigenvalue weighted by Gasteiger charge is -2.12. The van der Waals surface area contributed by atoms with Crippen LogP contribution in [0.25, 0.3) is 0 Å². The van der Waals surface area contributed by atoms with Gasteiger partial charge in [0.2, 0.25) is 0 Å². The van der Waals surface area contributed by atoms with E-state index in [2.05, 4.69) is 15.8 Å². The highest BCUT2D eigenvalue weighted by atomic mass is 16.5. The first-order valence-electron chi connectivity index (χ1n) is 5.35. The first kappa shape index (κ1) is 13.7. The van der Waals surface area contributed by atoms with E-state index >= 15 is 0 Å². The number of amides is 2. The van der Waals surface area contributed by atoms with E-state index in [1.807, 2.05) is 0 Å². The van der Waals surface area contributed by atoms with Gasteiger partial charge in [0.25, 0.3) is 0 Å². The maximum Gasteiger partial charge on any atom is 0.310 e. The second-order valence-electron chi connectivity index (χ2n) is 3.77. The molecule has 7 nitrogen and oxygen atoms in total. The van der Waals surface area contributed by atoms with Crippen molar-refractivity contribution in [2.75, 3.05) is 6.54 Å². The van der Waals surface area contributed by atoms with Gasteiger partial charge in [-0.1, -0.05) is 5.16 Å². The van der Waals surface area contributed by atoms with Crippen molar-refractivity contribution in [3.8, 4) is 6.07 Å². The molecule has 7 heteroatoms. The number of carbonyl (C=O) groups is 2. The molecule has 18 heavy (non-hydrogen) atoms. The quantitative estimate of drug-likeness (QED) is 0.584. The van der Waals surface area contributed by atoms with Crippen LogP contribution >= 0.6 is 0 Å². The summed E-state index contributed by atoms with van der Waals surface area (Å²) < 4.78 is 4.98. The summed E-state index contributed by atoms with van der Waals surface area (Å²) in [5.74, 6) is -1.04. The molecule has 1 atom stereocenters. The monoisotopic (exact) mass is 250 g/mol. The summed E-state index contributed by atoms with van der Waals surface area (Å²) in [6.07, 6.45) is 0. The zero-order chi connectivity index (χ0) is 13.7. The molecular weight excluding hydrogens is 236 g/mol. The van der Waals surface area contributed by atoms with Crippen molar-refractivity contribution in [1.82, 2.24) is 15.8 Å². The average Bonchev–Trinajstić information content (AvgIpc) is 2.65. The van der Waals surface area contributed by atoms with Gasteiger partial charge in [0.15, 0.2) is 0 Å². The van der Waals surface area contributed by atoms with Gasteiger partial charge in [-0.05, 0) is 20.8 Å². The third-order valence-electron chi connectivity index (χ3n) is 2.40. The minimum absolute atomic E-state index is 0.202. The largest absolute Gasteiger partial charge is 0.361 e. The van der Waals surface area contributed by atoms with Crippen molar-refractivity contribution in [3.05, 3.63) is 17.0 Å². The van der Waals surface area contributed by atoms with Crippen LogP contribution in [0, 0.1) is 25.2 Å². The van der Waals surface area contributed by atoms with Crippen LogP contribution in [0.2, 0.25) is 0 Å². The Morgan fingerprint density at radius 1 is 1.44 bits per heavy atom. The number of aromatic nitrogens is 1. The second kappa shape index (κ2) is 5.82. The van der Waals surface area contributed by atoms with Crippen molar-refractivity contribution < 1.29 is 14.1 Å². The molecule has 1 aromatic rings. The van der Waals surface area contributed by atoms with Crippen LogP contribution in [0.4, 0.5) is 0 Å². The Morgan fingerprint density at radius 3 is 2.61 bits per heavy atom. The molecule has 0 aliphatic rings. The van der Waals surface area contributed by atoms with Crippen molar-refractivity contribution >= 4 is 11.8 Å². The van der Waals surface area contributed by atoms with Crippen LogP contribution in [-0.2, 0) is 9.59 Å². The Balaban J connectivity index is 2.66. The van der Waals surface area contributed by atoms with Gasteiger partial charge in [0.1, 0.15) is 12.3 Å². The summed E-state index contributed by atoms with van der Waals surface area (Å²) in [4.78, 5) is 22.8. The third-order valence-corrected chi connectivity index (χ3v) is 2.40. The minimum atomic E-state index is -0.838. The Morgan fingerprint density at radius 2 is 2.11 bits per heavy atom. The Kier molecular flexibility index (Phi) is 4.43. The number of carbonyl (C=O) groups excluding carboxylic acids is 2. The standard InChI is InChI=1S/C11H14N4O3/c1-6(9-7(2)15-18-8(9)3)14-11(17)10(16)13-5-4-12/h6H,5H2,1-3H3,(H,13,16)(H,14,17). The third kappa shape index (κ3) is 3.07. The van der Waals surface area contributed by atoms with Gasteiger partial charge >= 0.3 is 11.8 Å². The number of hydrogen-bond donors (Lipinski definition) is 2. The Bertz CT molecular complexity index is 481. The Hall–Kier alpha value is -2.36. The number of nitriles is 1. The molecule has 2 amide bonds. The Labute approximate surface area is 104 Å². The normalized spacial score (nSPS) is 11.4. The SMILES string of the molecule is Cc1noc(C)c1C(C)NC(=O)C(=O)NCC#N. The van der Waals surface area contributed by atoms with Crippen LogP contribution in [0.5, 0.6) is 0 Å². The van der Waals surface area contributed by atoms with Gasteiger partial charge in [-0.3, -0.25) is 9.59 Å². The van der Waals surface area contributed by atoms with Crippen LogP contribution in [-0.4, -0.2) is 23.5 Å². The predicted molar refractivity (Wildman–Crippen MR) is 61.2 cm³/mol. The summed E-state index contributed by atoms with van der Waals surface area (Å²) in [7, 11) is 0. The highest BCUT2D eigenvalue weighted by Crippen LogP contribution is 2.20. The zero-order valence-corrected chi connectivity index (χ0v) is 10.4. The molecule has 2 N–H and O–H groups in total. The highest BCUT2D eigenvalue weighted by molar-refractivity contribution is 6.35. The van der Waals surface area contributed by atoms with Crippen LogP contribution < -0.4 is 10.6 Å². The highest BCUT2D eigenvalue weighted by Gasteiger charge is 2.21. The zero-order valence-electron chi connectivity index (χ0n) is 10.4. The smallest absolute Gasteiger partial charge is 0.310 e. The van der Waals surface area contributed by atoms with E-state index in [1.54, 1.807) is 26.8 Å². The van der Waals surface area contributed by atoms with Gasteiger partial charge in [-0.15, -0.1) is 0 Å². The first-order chi connectivity index (χ1) is 8.47. The molecule has 1 aromatic heterocycles. The van der Waals surface area contributed by atoms with Gasteiger partial charge in [-0.2, -0.15) is 5.26 Å². The molecule has 1 heterocycles. The number of nitrogens with one attached hydrogen (secondary N) is 2. The van der Waals surface area contributed by atoms with Crippen LogP contribution in [0.1, 0.15) is 30.0 Å².